The Morgan fingerprint density at radius 1 is 1.47 bits per heavy atom. The molecule has 82 valence electrons. The van der Waals surface area contributed by atoms with E-state index in [1.165, 1.54) is 16.7 Å². The van der Waals surface area contributed by atoms with E-state index in [9.17, 15) is 0 Å². The molecule has 0 fully saturated rings. The van der Waals surface area contributed by atoms with Crippen molar-refractivity contribution in [2.45, 2.75) is 26.7 Å². The standard InChI is InChI=1S/C13H16BrCl/c1-10(4-3-7-14)8-12-6-5-11(2)9-13(12)15/h4-6,9H,3,7-8H2,1-2H3/b10-4-. The van der Waals surface area contributed by atoms with E-state index in [-0.39, 0.29) is 0 Å². The Bertz CT molecular complexity index is 356. The molecule has 0 nitrogen and oxygen atoms in total. The molecule has 2 heteroatoms. The minimum absolute atomic E-state index is 0.876. The molecule has 15 heavy (non-hydrogen) atoms. The lowest BCUT2D eigenvalue weighted by atomic mass is 10.0. The molecule has 1 rings (SSSR count). The predicted molar refractivity (Wildman–Crippen MR) is 72.1 cm³/mol. The SMILES string of the molecule is C/C(=C/CCBr)Cc1ccc(C)cc1Cl. The fourth-order valence-corrected chi connectivity index (χ4v) is 2.00. The predicted octanol–water partition coefficient (Wildman–Crippen LogP) is 4.92. The van der Waals surface area contributed by atoms with Crippen LogP contribution >= 0.6 is 27.5 Å². The highest BCUT2D eigenvalue weighted by molar-refractivity contribution is 9.09. The van der Waals surface area contributed by atoms with Crippen molar-refractivity contribution in [3.05, 3.63) is 46.0 Å². The first-order chi connectivity index (χ1) is 7.13. The number of hydrogen-bond donors (Lipinski definition) is 0. The molecule has 0 radical (unpaired) electrons. The molecule has 0 saturated carbocycles. The third-order valence-electron chi connectivity index (χ3n) is 2.28. The summed E-state index contributed by atoms with van der Waals surface area (Å²) in [6, 6.07) is 6.25. The zero-order valence-corrected chi connectivity index (χ0v) is 11.5. The first-order valence-corrected chi connectivity index (χ1v) is 6.60. The Morgan fingerprint density at radius 3 is 2.80 bits per heavy atom. The smallest absolute Gasteiger partial charge is 0.0443 e. The maximum absolute atomic E-state index is 6.17. The topological polar surface area (TPSA) is 0 Å². The molecule has 1 aromatic rings. The normalized spacial score (nSPS) is 11.9. The van der Waals surface area contributed by atoms with E-state index in [4.69, 9.17) is 11.6 Å². The maximum atomic E-state index is 6.17. The third-order valence-corrected chi connectivity index (χ3v) is 3.09. The van der Waals surface area contributed by atoms with Crippen molar-refractivity contribution in [1.29, 1.82) is 0 Å². The van der Waals surface area contributed by atoms with Crippen LogP contribution in [0.1, 0.15) is 24.5 Å². The Morgan fingerprint density at radius 2 is 2.20 bits per heavy atom. The van der Waals surface area contributed by atoms with Crippen LogP contribution in [0.2, 0.25) is 5.02 Å². The van der Waals surface area contributed by atoms with Gasteiger partial charge in [0.25, 0.3) is 0 Å². The highest BCUT2D eigenvalue weighted by atomic mass is 79.9. The lowest BCUT2D eigenvalue weighted by Crippen LogP contribution is -1.89. The summed E-state index contributed by atoms with van der Waals surface area (Å²) in [6.07, 6.45) is 4.28. The van der Waals surface area contributed by atoms with Gasteiger partial charge < -0.3 is 0 Å². The molecule has 0 saturated heterocycles. The van der Waals surface area contributed by atoms with Gasteiger partial charge >= 0.3 is 0 Å². The summed E-state index contributed by atoms with van der Waals surface area (Å²) in [7, 11) is 0. The molecular formula is C13H16BrCl. The third kappa shape index (κ3) is 4.40. The first-order valence-electron chi connectivity index (χ1n) is 5.10. The van der Waals surface area contributed by atoms with Crippen LogP contribution in [0.3, 0.4) is 0 Å². The van der Waals surface area contributed by atoms with E-state index in [0.29, 0.717) is 0 Å². The van der Waals surface area contributed by atoms with Gasteiger partial charge in [0, 0.05) is 10.4 Å². The van der Waals surface area contributed by atoms with E-state index in [0.717, 1.165) is 23.2 Å². The zero-order chi connectivity index (χ0) is 11.3. The van der Waals surface area contributed by atoms with E-state index < -0.39 is 0 Å². The second-order valence-corrected chi connectivity index (χ2v) is 5.00. The van der Waals surface area contributed by atoms with Gasteiger partial charge in [0.15, 0.2) is 0 Å². The summed E-state index contributed by atoms with van der Waals surface area (Å²) in [6.45, 7) is 4.21. The monoisotopic (exact) mass is 286 g/mol. The van der Waals surface area contributed by atoms with Crippen molar-refractivity contribution >= 4 is 27.5 Å². The number of aryl methyl sites for hydroxylation is 1. The fourth-order valence-electron chi connectivity index (χ4n) is 1.47. The Kier molecular flexibility index (Phi) is 5.41. The maximum Gasteiger partial charge on any atom is 0.0443 e. The summed E-state index contributed by atoms with van der Waals surface area (Å²) in [4.78, 5) is 0. The lowest BCUT2D eigenvalue weighted by Gasteiger charge is -2.05. The van der Waals surface area contributed by atoms with E-state index in [2.05, 4.69) is 48.0 Å². The van der Waals surface area contributed by atoms with Gasteiger partial charge in [-0.1, -0.05) is 51.3 Å². The van der Waals surface area contributed by atoms with E-state index in [1.807, 2.05) is 6.07 Å². The van der Waals surface area contributed by atoms with Gasteiger partial charge in [-0.25, -0.2) is 0 Å². The molecule has 0 amide bonds. The number of allylic oxidation sites excluding steroid dienone is 2. The summed E-state index contributed by atoms with van der Waals surface area (Å²) in [5.41, 5.74) is 3.80. The molecule has 0 bridgehead atoms. The minimum Gasteiger partial charge on any atom is -0.0925 e. The van der Waals surface area contributed by atoms with Gasteiger partial charge in [-0.15, -0.1) is 0 Å². The van der Waals surface area contributed by atoms with Crippen molar-refractivity contribution in [1.82, 2.24) is 0 Å². The van der Waals surface area contributed by atoms with Crippen LogP contribution in [-0.4, -0.2) is 5.33 Å². The molecule has 0 heterocycles. The number of hydrogen-bond acceptors (Lipinski definition) is 0. The van der Waals surface area contributed by atoms with Gasteiger partial charge in [0.1, 0.15) is 0 Å². The second kappa shape index (κ2) is 6.34. The van der Waals surface area contributed by atoms with Gasteiger partial charge in [-0.3, -0.25) is 0 Å². The molecule has 0 spiro atoms. The van der Waals surface area contributed by atoms with E-state index in [1.54, 1.807) is 0 Å². The Hall–Kier alpha value is -0.270. The largest absolute Gasteiger partial charge is 0.0925 e. The lowest BCUT2D eigenvalue weighted by molar-refractivity contribution is 1.09. The van der Waals surface area contributed by atoms with Crippen LogP contribution < -0.4 is 0 Å². The summed E-state index contributed by atoms with van der Waals surface area (Å²) < 4.78 is 0. The quantitative estimate of drug-likeness (QED) is 0.544. The zero-order valence-electron chi connectivity index (χ0n) is 9.19. The van der Waals surface area contributed by atoms with Crippen molar-refractivity contribution in [3.63, 3.8) is 0 Å². The molecule has 0 atom stereocenters. The van der Waals surface area contributed by atoms with Gasteiger partial charge in [0.2, 0.25) is 0 Å². The summed E-state index contributed by atoms with van der Waals surface area (Å²) in [5, 5.41) is 1.90. The van der Waals surface area contributed by atoms with Crippen molar-refractivity contribution in [2.24, 2.45) is 0 Å². The molecule has 0 aliphatic rings. The molecular weight excluding hydrogens is 272 g/mol. The van der Waals surface area contributed by atoms with Crippen LogP contribution in [0.4, 0.5) is 0 Å². The van der Waals surface area contributed by atoms with E-state index >= 15 is 0 Å². The van der Waals surface area contributed by atoms with Gasteiger partial charge in [-0.05, 0) is 43.9 Å². The minimum atomic E-state index is 0.876. The molecule has 1 aromatic carbocycles. The molecule has 0 N–H and O–H groups in total. The molecule has 0 unspecified atom stereocenters. The summed E-state index contributed by atoms with van der Waals surface area (Å²) >= 11 is 9.59. The average molecular weight is 288 g/mol. The fraction of sp³-hybridized carbons (Fsp3) is 0.385. The number of alkyl halides is 1. The molecule has 0 aliphatic heterocycles. The highest BCUT2D eigenvalue weighted by Gasteiger charge is 2.00. The average Bonchev–Trinajstić information content (AvgIpc) is 2.19. The number of benzene rings is 1. The molecule has 0 aliphatic carbocycles. The van der Waals surface area contributed by atoms with Crippen molar-refractivity contribution in [3.8, 4) is 0 Å². The molecule has 0 aromatic heterocycles. The summed E-state index contributed by atoms with van der Waals surface area (Å²) in [5.74, 6) is 0. The van der Waals surface area contributed by atoms with Crippen LogP contribution in [0.15, 0.2) is 29.8 Å². The van der Waals surface area contributed by atoms with Gasteiger partial charge in [0.05, 0.1) is 0 Å². The van der Waals surface area contributed by atoms with Gasteiger partial charge in [-0.2, -0.15) is 0 Å². The number of rotatable bonds is 4. The Labute approximate surface area is 105 Å². The first kappa shape index (κ1) is 12.8. The number of halogens is 2. The van der Waals surface area contributed by atoms with Crippen LogP contribution in [0.5, 0.6) is 0 Å². The highest BCUT2D eigenvalue weighted by Crippen LogP contribution is 2.20. The van der Waals surface area contributed by atoms with Crippen molar-refractivity contribution < 1.29 is 0 Å². The van der Waals surface area contributed by atoms with Crippen molar-refractivity contribution in [2.75, 3.05) is 5.33 Å². The Balaban J connectivity index is 2.72. The van der Waals surface area contributed by atoms with Crippen LogP contribution in [-0.2, 0) is 6.42 Å². The second-order valence-electron chi connectivity index (χ2n) is 3.80. The van der Waals surface area contributed by atoms with Crippen LogP contribution in [0, 0.1) is 6.92 Å². The van der Waals surface area contributed by atoms with Crippen LogP contribution in [0.25, 0.3) is 0 Å².